The third-order valence-electron chi connectivity index (χ3n) is 1.08. The molecule has 0 aliphatic rings. The molecule has 0 bridgehead atoms. The van der Waals surface area contributed by atoms with E-state index < -0.39 is 0 Å². The predicted octanol–water partition coefficient (Wildman–Crippen LogP) is -0.124. The van der Waals surface area contributed by atoms with Crippen LogP contribution in [-0.4, -0.2) is 33.5 Å². The SMILES string of the molecule is CC[N]([AlH2])CC. The highest BCUT2D eigenvalue weighted by Crippen LogP contribution is 1.72. The summed E-state index contributed by atoms with van der Waals surface area (Å²) in [5.41, 5.74) is 0. The summed E-state index contributed by atoms with van der Waals surface area (Å²) in [4.78, 5) is 0. The average molecular weight is 101 g/mol. The van der Waals surface area contributed by atoms with Crippen LogP contribution in [0.25, 0.3) is 0 Å². The number of rotatable bonds is 2. The van der Waals surface area contributed by atoms with E-state index >= 15 is 0 Å². The molecule has 0 saturated carbocycles. The van der Waals surface area contributed by atoms with E-state index in [0.717, 1.165) is 0 Å². The minimum atomic E-state index is 1.22. The van der Waals surface area contributed by atoms with Gasteiger partial charge in [-0.05, 0) is 13.1 Å². The summed E-state index contributed by atoms with van der Waals surface area (Å²) in [6.45, 7) is 6.83. The van der Waals surface area contributed by atoms with E-state index in [4.69, 9.17) is 0 Å². The van der Waals surface area contributed by atoms with Crippen LogP contribution in [0.5, 0.6) is 0 Å². The van der Waals surface area contributed by atoms with Crippen molar-refractivity contribution in [3.8, 4) is 0 Å². The quantitative estimate of drug-likeness (QED) is 0.438. The molecule has 36 valence electrons. The first-order valence-corrected chi connectivity index (χ1v) is 3.39. The molecule has 0 aromatic carbocycles. The first-order valence-electron chi connectivity index (χ1n) is 2.49. The van der Waals surface area contributed by atoms with Crippen molar-refractivity contribution in [2.45, 2.75) is 13.8 Å². The number of nitrogens with zero attached hydrogens (tertiary/aromatic N) is 1. The highest BCUT2D eigenvalue weighted by atomic mass is 27.1. The molecule has 0 atom stereocenters. The fourth-order valence-electron chi connectivity index (χ4n) is 0.224. The molecule has 0 aromatic heterocycles. The van der Waals surface area contributed by atoms with Crippen LogP contribution < -0.4 is 0 Å². The molecule has 0 aliphatic heterocycles. The molecule has 0 radical (unpaired) electrons. The Morgan fingerprint density at radius 2 is 1.67 bits per heavy atom. The maximum Gasteiger partial charge on any atom is 0.321 e. The normalized spacial score (nSPS) is 9.83. The van der Waals surface area contributed by atoms with Gasteiger partial charge in [0.05, 0.1) is 0 Å². The molecule has 0 aromatic rings. The lowest BCUT2D eigenvalue weighted by Crippen LogP contribution is -2.17. The number of hydrogen-bond acceptors (Lipinski definition) is 1. The molecule has 0 aliphatic carbocycles. The van der Waals surface area contributed by atoms with Crippen molar-refractivity contribution in [3.05, 3.63) is 0 Å². The zero-order chi connectivity index (χ0) is 4.99. The summed E-state index contributed by atoms with van der Waals surface area (Å²) >= 11 is 1.22. The van der Waals surface area contributed by atoms with Gasteiger partial charge in [-0.2, -0.15) is 0 Å². The Balaban J connectivity index is 2.75. The molecule has 0 heterocycles. The summed E-state index contributed by atoms with van der Waals surface area (Å²) in [5.74, 6) is 0. The Labute approximate surface area is 48.0 Å². The van der Waals surface area contributed by atoms with Crippen LogP contribution in [0.15, 0.2) is 0 Å². The van der Waals surface area contributed by atoms with Gasteiger partial charge in [-0.3, -0.25) is 0 Å². The van der Waals surface area contributed by atoms with Gasteiger partial charge in [-0.1, -0.05) is 13.8 Å². The molecule has 0 rings (SSSR count). The highest BCUT2D eigenvalue weighted by molar-refractivity contribution is 6.04. The molecule has 0 spiro atoms. The second-order valence-corrected chi connectivity index (χ2v) is 2.75. The van der Waals surface area contributed by atoms with Crippen LogP contribution in [0.1, 0.15) is 13.8 Å². The summed E-state index contributed by atoms with van der Waals surface area (Å²) in [6.07, 6.45) is 0. The molecular formula is C4H12AlN. The van der Waals surface area contributed by atoms with Crippen LogP contribution in [0.2, 0.25) is 0 Å². The standard InChI is InChI=1S/C4H10N.Al.2H/c1-3-5-4-2;;;/h3-4H2,1-2H3;;;/q-1;+1;;. The predicted molar refractivity (Wildman–Crippen MR) is 31.5 cm³/mol. The minimum Gasteiger partial charge on any atom is -0.391 e. The van der Waals surface area contributed by atoms with Crippen LogP contribution >= 0.6 is 0 Å². The minimum absolute atomic E-state index is 1.22. The van der Waals surface area contributed by atoms with Crippen molar-refractivity contribution >= 4 is 16.5 Å². The topological polar surface area (TPSA) is 3.24 Å². The lowest BCUT2D eigenvalue weighted by atomic mass is 10.7. The Morgan fingerprint density at radius 3 is 1.67 bits per heavy atom. The number of hydrogen-bond donors (Lipinski definition) is 0. The van der Waals surface area contributed by atoms with Crippen LogP contribution in [0, 0.1) is 0 Å². The molecule has 0 amide bonds. The Kier molecular flexibility index (Phi) is 3.98. The highest BCUT2D eigenvalue weighted by Gasteiger charge is 1.82. The molecular weight excluding hydrogens is 89.0 g/mol. The fraction of sp³-hybridized carbons (Fsp3) is 1.00. The molecule has 1 nitrogen and oxygen atoms in total. The van der Waals surface area contributed by atoms with Gasteiger partial charge >= 0.3 is 16.5 Å². The van der Waals surface area contributed by atoms with Crippen molar-refractivity contribution in [3.63, 3.8) is 0 Å². The van der Waals surface area contributed by atoms with Crippen LogP contribution in [0.3, 0.4) is 0 Å². The third kappa shape index (κ3) is 2.72. The van der Waals surface area contributed by atoms with Gasteiger partial charge in [-0.15, -0.1) is 0 Å². The van der Waals surface area contributed by atoms with Crippen molar-refractivity contribution in [1.29, 1.82) is 0 Å². The zero-order valence-corrected chi connectivity index (χ0v) is 6.86. The third-order valence-corrected chi connectivity index (χ3v) is 2.34. The van der Waals surface area contributed by atoms with E-state index in [1.165, 1.54) is 29.6 Å². The lowest BCUT2D eigenvalue weighted by Gasteiger charge is -2.08. The molecule has 0 unspecified atom stereocenters. The smallest absolute Gasteiger partial charge is 0.321 e. The molecule has 2 heteroatoms. The summed E-state index contributed by atoms with van der Waals surface area (Å²) in [7, 11) is 0. The van der Waals surface area contributed by atoms with E-state index in [1.807, 2.05) is 0 Å². The van der Waals surface area contributed by atoms with Gasteiger partial charge in [0.1, 0.15) is 0 Å². The van der Waals surface area contributed by atoms with E-state index in [-0.39, 0.29) is 0 Å². The molecule has 0 saturated heterocycles. The van der Waals surface area contributed by atoms with Crippen LogP contribution in [0.4, 0.5) is 0 Å². The van der Waals surface area contributed by atoms with Crippen molar-refractivity contribution in [2.24, 2.45) is 0 Å². The monoisotopic (exact) mass is 101 g/mol. The second-order valence-electron chi connectivity index (χ2n) is 1.49. The van der Waals surface area contributed by atoms with Crippen molar-refractivity contribution in [2.75, 3.05) is 13.1 Å². The Hall–Kier alpha value is 0.492. The van der Waals surface area contributed by atoms with Gasteiger partial charge in [-0.25, -0.2) is 0 Å². The van der Waals surface area contributed by atoms with E-state index in [0.29, 0.717) is 0 Å². The van der Waals surface area contributed by atoms with E-state index in [2.05, 4.69) is 17.7 Å². The fourth-order valence-corrected chi connectivity index (χ4v) is 0.224. The zero-order valence-electron chi connectivity index (χ0n) is 4.86. The second kappa shape index (κ2) is 3.67. The lowest BCUT2D eigenvalue weighted by molar-refractivity contribution is 0.505. The van der Waals surface area contributed by atoms with E-state index in [9.17, 15) is 0 Å². The van der Waals surface area contributed by atoms with Gasteiger partial charge < -0.3 is 3.88 Å². The summed E-state index contributed by atoms with van der Waals surface area (Å²) in [5, 5.41) is 0. The summed E-state index contributed by atoms with van der Waals surface area (Å²) in [6, 6.07) is 0. The largest absolute Gasteiger partial charge is 0.391 e. The molecule has 0 N–H and O–H groups in total. The Bertz CT molecular complexity index is 26.7. The van der Waals surface area contributed by atoms with Gasteiger partial charge in [0.2, 0.25) is 0 Å². The van der Waals surface area contributed by atoms with Gasteiger partial charge in [0.25, 0.3) is 0 Å². The maximum absolute atomic E-state index is 2.39. The first-order chi connectivity index (χ1) is 2.81. The summed E-state index contributed by atoms with van der Waals surface area (Å²) < 4.78 is 2.39. The molecule has 6 heavy (non-hydrogen) atoms. The van der Waals surface area contributed by atoms with E-state index in [1.54, 1.807) is 0 Å². The van der Waals surface area contributed by atoms with Crippen molar-refractivity contribution in [1.82, 2.24) is 3.88 Å². The first kappa shape index (κ1) is 6.49. The average Bonchev–Trinajstić information content (AvgIpc) is 1.65. The Morgan fingerprint density at radius 1 is 1.33 bits per heavy atom. The van der Waals surface area contributed by atoms with Gasteiger partial charge in [0.15, 0.2) is 0 Å². The van der Waals surface area contributed by atoms with Crippen LogP contribution in [-0.2, 0) is 0 Å². The van der Waals surface area contributed by atoms with Crippen molar-refractivity contribution < 1.29 is 0 Å². The molecule has 0 fully saturated rings. The maximum atomic E-state index is 2.39. The van der Waals surface area contributed by atoms with Gasteiger partial charge in [0, 0.05) is 0 Å².